The van der Waals surface area contributed by atoms with E-state index in [4.69, 9.17) is 5.73 Å². The molecule has 0 fully saturated rings. The molecule has 0 heterocycles. The van der Waals surface area contributed by atoms with E-state index < -0.39 is 0 Å². The maximum Gasteiger partial charge on any atom is 0.222 e. The second-order valence-electron chi connectivity index (χ2n) is 6.74. The molecule has 112 valence electrons. The van der Waals surface area contributed by atoms with E-state index in [1.54, 1.807) is 4.90 Å². The summed E-state index contributed by atoms with van der Waals surface area (Å²) in [5, 5.41) is 0. The fourth-order valence-electron chi connectivity index (χ4n) is 1.87. The summed E-state index contributed by atoms with van der Waals surface area (Å²) in [4.78, 5) is 14.0. The smallest absolute Gasteiger partial charge is 0.222 e. The van der Waals surface area contributed by atoms with Crippen molar-refractivity contribution in [2.45, 2.75) is 47.2 Å². The molecule has 0 saturated carbocycles. The van der Waals surface area contributed by atoms with E-state index in [2.05, 4.69) is 27.7 Å². The lowest BCUT2D eigenvalue weighted by Crippen LogP contribution is -2.30. The van der Waals surface area contributed by atoms with Gasteiger partial charge in [0, 0.05) is 26.6 Å². The molecule has 3 nitrogen and oxygen atoms in total. The molecule has 2 N–H and O–H groups in total. The van der Waals surface area contributed by atoms with Crippen LogP contribution in [-0.2, 0) is 17.9 Å². The summed E-state index contributed by atoms with van der Waals surface area (Å²) in [6.45, 7) is 9.88. The highest BCUT2D eigenvalue weighted by Gasteiger charge is 2.23. The molecule has 0 radical (unpaired) electrons. The molecule has 0 bridgehead atoms. The minimum Gasteiger partial charge on any atom is -0.341 e. The lowest BCUT2D eigenvalue weighted by molar-refractivity contribution is -0.132. The Labute approximate surface area is 123 Å². The number of hydrogen-bond acceptors (Lipinski definition) is 2. The van der Waals surface area contributed by atoms with Crippen LogP contribution < -0.4 is 5.73 Å². The zero-order chi connectivity index (χ0) is 15.3. The van der Waals surface area contributed by atoms with Crippen LogP contribution in [0, 0.1) is 11.3 Å². The first-order chi connectivity index (χ1) is 9.24. The van der Waals surface area contributed by atoms with Crippen LogP contribution in [-0.4, -0.2) is 17.9 Å². The molecule has 3 heteroatoms. The number of rotatable bonds is 5. The summed E-state index contributed by atoms with van der Waals surface area (Å²) in [5.41, 5.74) is 8.00. The van der Waals surface area contributed by atoms with Crippen molar-refractivity contribution in [2.75, 3.05) is 7.05 Å². The lowest BCUT2D eigenvalue weighted by atomic mass is 9.80. The normalized spacial score (nSPS) is 13.1. The Bertz CT molecular complexity index is 431. The van der Waals surface area contributed by atoms with Crippen LogP contribution in [0.15, 0.2) is 24.3 Å². The van der Waals surface area contributed by atoms with Crippen molar-refractivity contribution in [3.8, 4) is 0 Å². The Hall–Kier alpha value is -1.35. The van der Waals surface area contributed by atoms with Crippen LogP contribution >= 0.6 is 0 Å². The van der Waals surface area contributed by atoms with Gasteiger partial charge in [0.2, 0.25) is 5.91 Å². The number of nitrogens with zero attached hydrogens (tertiary/aromatic N) is 1. The minimum atomic E-state index is 0.166. The second-order valence-corrected chi connectivity index (χ2v) is 6.74. The summed E-state index contributed by atoms with van der Waals surface area (Å²) < 4.78 is 0. The van der Waals surface area contributed by atoms with Crippen LogP contribution in [0.4, 0.5) is 0 Å². The van der Waals surface area contributed by atoms with E-state index >= 15 is 0 Å². The van der Waals surface area contributed by atoms with E-state index in [1.165, 1.54) is 0 Å². The molecule has 20 heavy (non-hydrogen) atoms. The molecular weight excluding hydrogens is 248 g/mol. The zero-order valence-electron chi connectivity index (χ0n) is 13.4. The SMILES string of the molecule is CC(CC(=O)N(C)Cc1ccc(CN)cc1)C(C)(C)C. The summed E-state index contributed by atoms with van der Waals surface area (Å²) in [6.07, 6.45) is 0.598. The fraction of sp³-hybridized carbons (Fsp3) is 0.588. The molecule has 0 saturated heterocycles. The number of nitrogens with two attached hydrogens (primary N) is 1. The van der Waals surface area contributed by atoms with Crippen molar-refractivity contribution in [2.24, 2.45) is 17.1 Å². The Morgan fingerprint density at radius 3 is 2.15 bits per heavy atom. The number of hydrogen-bond donors (Lipinski definition) is 1. The summed E-state index contributed by atoms with van der Waals surface area (Å²) >= 11 is 0. The van der Waals surface area contributed by atoms with Gasteiger partial charge in [-0.25, -0.2) is 0 Å². The van der Waals surface area contributed by atoms with Crippen LogP contribution in [0.25, 0.3) is 0 Å². The molecule has 0 spiro atoms. The standard InChI is InChI=1S/C17H28N2O/c1-13(17(2,3)4)10-16(20)19(5)12-15-8-6-14(11-18)7-9-15/h6-9,13H,10-12,18H2,1-5H3. The maximum atomic E-state index is 12.2. The molecule has 1 aromatic rings. The van der Waals surface area contributed by atoms with Gasteiger partial charge in [-0.2, -0.15) is 0 Å². The van der Waals surface area contributed by atoms with Crippen LogP contribution in [0.1, 0.15) is 45.2 Å². The Morgan fingerprint density at radius 1 is 1.20 bits per heavy atom. The molecular formula is C17H28N2O. The third kappa shape index (κ3) is 4.97. The predicted molar refractivity (Wildman–Crippen MR) is 84.0 cm³/mol. The molecule has 1 unspecified atom stereocenters. The van der Waals surface area contributed by atoms with Gasteiger partial charge in [0.15, 0.2) is 0 Å². The quantitative estimate of drug-likeness (QED) is 0.898. The highest BCUT2D eigenvalue weighted by atomic mass is 16.2. The number of amides is 1. The molecule has 1 amide bonds. The Kier molecular flexibility index (Phi) is 5.75. The van der Waals surface area contributed by atoms with Gasteiger partial charge in [-0.3, -0.25) is 4.79 Å². The first-order valence-electron chi connectivity index (χ1n) is 7.26. The number of carbonyl (C=O) groups excluding carboxylic acids is 1. The fourth-order valence-corrected chi connectivity index (χ4v) is 1.87. The van der Waals surface area contributed by atoms with Crippen molar-refractivity contribution in [1.82, 2.24) is 4.90 Å². The molecule has 0 aliphatic rings. The molecule has 1 atom stereocenters. The van der Waals surface area contributed by atoms with Gasteiger partial charge in [-0.05, 0) is 22.5 Å². The number of carbonyl (C=O) groups is 1. The van der Waals surface area contributed by atoms with Crippen molar-refractivity contribution in [3.63, 3.8) is 0 Å². The maximum absolute atomic E-state index is 12.2. The van der Waals surface area contributed by atoms with Crippen LogP contribution in [0.3, 0.4) is 0 Å². The van der Waals surface area contributed by atoms with Crippen molar-refractivity contribution in [3.05, 3.63) is 35.4 Å². The molecule has 1 rings (SSSR count). The highest BCUT2D eigenvalue weighted by molar-refractivity contribution is 5.76. The van der Waals surface area contributed by atoms with Gasteiger partial charge in [0.25, 0.3) is 0 Å². The van der Waals surface area contributed by atoms with Gasteiger partial charge in [0.1, 0.15) is 0 Å². The topological polar surface area (TPSA) is 46.3 Å². The first-order valence-corrected chi connectivity index (χ1v) is 7.26. The van der Waals surface area contributed by atoms with E-state index in [0.717, 1.165) is 11.1 Å². The Morgan fingerprint density at radius 2 is 1.70 bits per heavy atom. The van der Waals surface area contributed by atoms with Gasteiger partial charge in [0.05, 0.1) is 0 Å². The van der Waals surface area contributed by atoms with Gasteiger partial charge >= 0.3 is 0 Å². The van der Waals surface area contributed by atoms with Gasteiger partial charge in [-0.1, -0.05) is 52.0 Å². The average molecular weight is 276 g/mol. The van der Waals surface area contributed by atoms with E-state index in [0.29, 0.717) is 25.4 Å². The lowest BCUT2D eigenvalue weighted by Gasteiger charge is -2.28. The van der Waals surface area contributed by atoms with Crippen molar-refractivity contribution < 1.29 is 4.79 Å². The zero-order valence-corrected chi connectivity index (χ0v) is 13.4. The average Bonchev–Trinajstić information content (AvgIpc) is 2.38. The third-order valence-corrected chi connectivity index (χ3v) is 4.06. The molecule has 1 aromatic carbocycles. The Balaban J connectivity index is 2.57. The van der Waals surface area contributed by atoms with E-state index in [9.17, 15) is 4.79 Å². The summed E-state index contributed by atoms with van der Waals surface area (Å²) in [7, 11) is 1.87. The minimum absolute atomic E-state index is 0.166. The van der Waals surface area contributed by atoms with Crippen LogP contribution in [0.2, 0.25) is 0 Å². The van der Waals surface area contributed by atoms with E-state index in [-0.39, 0.29) is 11.3 Å². The first kappa shape index (κ1) is 16.7. The van der Waals surface area contributed by atoms with Crippen molar-refractivity contribution in [1.29, 1.82) is 0 Å². The monoisotopic (exact) mass is 276 g/mol. The van der Waals surface area contributed by atoms with Gasteiger partial charge in [-0.15, -0.1) is 0 Å². The number of benzene rings is 1. The van der Waals surface area contributed by atoms with Crippen LogP contribution in [0.5, 0.6) is 0 Å². The predicted octanol–water partition coefficient (Wildman–Crippen LogP) is 3.18. The molecule has 0 aliphatic heterocycles. The van der Waals surface area contributed by atoms with Gasteiger partial charge < -0.3 is 10.6 Å². The summed E-state index contributed by atoms with van der Waals surface area (Å²) in [5.74, 6) is 0.576. The second kappa shape index (κ2) is 6.89. The van der Waals surface area contributed by atoms with Crippen molar-refractivity contribution >= 4 is 5.91 Å². The third-order valence-electron chi connectivity index (χ3n) is 4.06. The largest absolute Gasteiger partial charge is 0.341 e. The summed E-state index contributed by atoms with van der Waals surface area (Å²) in [6, 6.07) is 8.12. The highest BCUT2D eigenvalue weighted by Crippen LogP contribution is 2.28. The van der Waals surface area contributed by atoms with E-state index in [1.807, 2.05) is 31.3 Å². The molecule has 0 aliphatic carbocycles. The molecule has 0 aromatic heterocycles.